The number of hydrogen-bond acceptors (Lipinski definition) is 3. The van der Waals surface area contributed by atoms with Gasteiger partial charge in [-0.2, -0.15) is 5.10 Å². The Morgan fingerprint density at radius 2 is 1.95 bits per heavy atom. The van der Waals surface area contributed by atoms with Gasteiger partial charge in [-0.25, -0.2) is 13.9 Å². The third-order valence-electron chi connectivity index (χ3n) is 3.02. The van der Waals surface area contributed by atoms with Gasteiger partial charge in [0, 0.05) is 5.56 Å². The van der Waals surface area contributed by atoms with E-state index in [1.54, 1.807) is 0 Å². The molecule has 1 aromatic carbocycles. The zero-order chi connectivity index (χ0) is 14.9. The molecule has 0 fully saturated rings. The van der Waals surface area contributed by atoms with Crippen LogP contribution in [0.3, 0.4) is 0 Å². The van der Waals surface area contributed by atoms with Gasteiger partial charge in [-0.05, 0) is 30.2 Å². The summed E-state index contributed by atoms with van der Waals surface area (Å²) in [7, 11) is 0. The van der Waals surface area contributed by atoms with Gasteiger partial charge in [0.05, 0.1) is 18.0 Å². The van der Waals surface area contributed by atoms with Gasteiger partial charge < -0.3 is 10.2 Å². The Bertz CT molecular complexity index is 633. The molecule has 0 spiro atoms. The summed E-state index contributed by atoms with van der Waals surface area (Å²) in [4.78, 5) is 11.3. The van der Waals surface area contributed by atoms with Crippen LogP contribution in [0, 0.1) is 5.82 Å². The van der Waals surface area contributed by atoms with E-state index >= 15 is 0 Å². The summed E-state index contributed by atoms with van der Waals surface area (Å²) in [5, 5.41) is 22.8. The molecule has 20 heavy (non-hydrogen) atoms. The van der Waals surface area contributed by atoms with Gasteiger partial charge >= 0.3 is 5.97 Å². The number of hydrogen-bond donors (Lipinski definition) is 2. The molecule has 2 aromatic rings. The Balaban J connectivity index is 2.67. The molecule has 0 saturated carbocycles. The fraction of sp³-hybridized carbons (Fsp3) is 0.286. The van der Waals surface area contributed by atoms with Gasteiger partial charge in [-0.15, -0.1) is 0 Å². The Morgan fingerprint density at radius 3 is 2.40 bits per heavy atom. The highest BCUT2D eigenvalue weighted by molar-refractivity contribution is 5.87. The third kappa shape index (κ3) is 2.42. The van der Waals surface area contributed by atoms with E-state index in [1.165, 1.54) is 28.9 Å². The molecule has 0 radical (unpaired) electrons. The minimum Gasteiger partial charge on any atom is -0.476 e. The number of rotatable bonds is 4. The van der Waals surface area contributed by atoms with E-state index in [0.29, 0.717) is 16.9 Å². The predicted molar refractivity (Wildman–Crippen MR) is 70.5 cm³/mol. The van der Waals surface area contributed by atoms with Crippen LogP contribution in [0.2, 0.25) is 0 Å². The molecule has 6 heteroatoms. The molecule has 0 bridgehead atoms. The number of benzene rings is 1. The van der Waals surface area contributed by atoms with Gasteiger partial charge in [-0.1, -0.05) is 13.8 Å². The van der Waals surface area contributed by atoms with Crippen molar-refractivity contribution in [3.63, 3.8) is 0 Å². The minimum absolute atomic E-state index is 0.0895. The van der Waals surface area contributed by atoms with E-state index in [-0.39, 0.29) is 18.2 Å². The molecule has 0 saturated heterocycles. The zero-order valence-corrected chi connectivity index (χ0v) is 11.2. The van der Waals surface area contributed by atoms with Gasteiger partial charge in [-0.3, -0.25) is 0 Å². The number of halogens is 1. The van der Waals surface area contributed by atoms with Crippen molar-refractivity contribution >= 4 is 5.97 Å². The lowest BCUT2D eigenvalue weighted by atomic mass is 10.0. The fourth-order valence-corrected chi connectivity index (χ4v) is 2.18. The molecule has 1 heterocycles. The summed E-state index contributed by atoms with van der Waals surface area (Å²) < 4.78 is 14.3. The predicted octanol–water partition coefficient (Wildman–Crippen LogP) is 2.33. The number of carboxylic acids is 1. The maximum atomic E-state index is 13.0. The topological polar surface area (TPSA) is 75.3 Å². The second-order valence-electron chi connectivity index (χ2n) is 4.72. The average Bonchev–Trinajstić information content (AvgIpc) is 2.79. The number of carbonyl (C=O) groups is 1. The Morgan fingerprint density at radius 1 is 1.35 bits per heavy atom. The van der Waals surface area contributed by atoms with Crippen LogP contribution >= 0.6 is 0 Å². The molecule has 0 aliphatic rings. The monoisotopic (exact) mass is 278 g/mol. The van der Waals surface area contributed by atoms with Crippen LogP contribution in [0.25, 0.3) is 5.69 Å². The number of aromatic carboxylic acids is 1. The van der Waals surface area contributed by atoms with Crippen molar-refractivity contribution in [2.75, 3.05) is 0 Å². The van der Waals surface area contributed by atoms with Crippen molar-refractivity contribution in [3.05, 3.63) is 47.0 Å². The maximum Gasteiger partial charge on any atom is 0.356 e. The molecule has 5 nitrogen and oxygen atoms in total. The van der Waals surface area contributed by atoms with Crippen LogP contribution in [0.4, 0.5) is 4.39 Å². The quantitative estimate of drug-likeness (QED) is 0.900. The highest BCUT2D eigenvalue weighted by Crippen LogP contribution is 2.26. The first kappa shape index (κ1) is 14.2. The second kappa shape index (κ2) is 5.42. The summed E-state index contributed by atoms with van der Waals surface area (Å²) in [6.45, 7) is 3.32. The molecule has 0 aliphatic heterocycles. The molecule has 2 rings (SSSR count). The highest BCUT2D eigenvalue weighted by atomic mass is 19.1. The van der Waals surface area contributed by atoms with E-state index in [1.807, 2.05) is 13.8 Å². The average molecular weight is 278 g/mol. The van der Waals surface area contributed by atoms with Crippen molar-refractivity contribution < 1.29 is 19.4 Å². The van der Waals surface area contributed by atoms with E-state index in [2.05, 4.69) is 5.10 Å². The normalized spacial score (nSPS) is 11.1. The SMILES string of the molecule is CC(C)c1c(C(=O)O)nn(-c2ccc(F)cc2)c1CO. The smallest absolute Gasteiger partial charge is 0.356 e. The number of aromatic nitrogens is 2. The van der Waals surface area contributed by atoms with Crippen LogP contribution in [-0.4, -0.2) is 26.0 Å². The third-order valence-corrected chi connectivity index (χ3v) is 3.02. The summed E-state index contributed by atoms with van der Waals surface area (Å²) in [5.74, 6) is -1.64. The van der Waals surface area contributed by atoms with Crippen molar-refractivity contribution in [2.24, 2.45) is 0 Å². The Hall–Kier alpha value is -2.21. The number of nitrogens with zero attached hydrogens (tertiary/aromatic N) is 2. The van der Waals surface area contributed by atoms with E-state index in [9.17, 15) is 19.4 Å². The van der Waals surface area contributed by atoms with Gasteiger partial charge in [0.2, 0.25) is 0 Å². The Labute approximate surface area is 115 Å². The molecular formula is C14H15FN2O3. The van der Waals surface area contributed by atoms with Crippen LogP contribution in [-0.2, 0) is 6.61 Å². The van der Waals surface area contributed by atoms with E-state index in [0.717, 1.165) is 0 Å². The van der Waals surface area contributed by atoms with E-state index < -0.39 is 11.8 Å². The van der Waals surface area contributed by atoms with Gasteiger partial charge in [0.25, 0.3) is 0 Å². The van der Waals surface area contributed by atoms with Crippen molar-refractivity contribution in [2.45, 2.75) is 26.4 Å². The lowest BCUT2D eigenvalue weighted by molar-refractivity contribution is 0.0688. The maximum absolute atomic E-state index is 13.0. The number of carboxylic acid groups (broad SMARTS) is 1. The van der Waals surface area contributed by atoms with Crippen molar-refractivity contribution in [1.82, 2.24) is 9.78 Å². The first-order valence-electron chi connectivity index (χ1n) is 6.17. The zero-order valence-electron chi connectivity index (χ0n) is 11.2. The largest absolute Gasteiger partial charge is 0.476 e. The second-order valence-corrected chi connectivity index (χ2v) is 4.72. The molecule has 0 atom stereocenters. The molecule has 0 aliphatic carbocycles. The first-order valence-corrected chi connectivity index (χ1v) is 6.17. The van der Waals surface area contributed by atoms with Crippen LogP contribution in [0.5, 0.6) is 0 Å². The summed E-state index contributed by atoms with van der Waals surface area (Å²) in [6, 6.07) is 5.48. The molecule has 2 N–H and O–H groups in total. The lowest BCUT2D eigenvalue weighted by Gasteiger charge is -2.09. The standard InChI is InChI=1S/C14H15FN2O3/c1-8(2)12-11(7-18)17(16-13(12)14(19)20)10-5-3-9(15)4-6-10/h3-6,8,18H,7H2,1-2H3,(H,19,20). The molecule has 106 valence electrons. The van der Waals surface area contributed by atoms with Gasteiger partial charge in [0.15, 0.2) is 5.69 Å². The highest BCUT2D eigenvalue weighted by Gasteiger charge is 2.24. The first-order chi connectivity index (χ1) is 9.45. The van der Waals surface area contributed by atoms with Crippen molar-refractivity contribution in [3.8, 4) is 5.69 Å². The van der Waals surface area contributed by atoms with Crippen LogP contribution in [0.15, 0.2) is 24.3 Å². The summed E-state index contributed by atoms with van der Waals surface area (Å²) in [6.07, 6.45) is 0. The number of aliphatic hydroxyl groups excluding tert-OH is 1. The summed E-state index contributed by atoms with van der Waals surface area (Å²) >= 11 is 0. The molecular weight excluding hydrogens is 263 g/mol. The fourth-order valence-electron chi connectivity index (χ4n) is 2.18. The molecule has 0 unspecified atom stereocenters. The number of aliphatic hydroxyl groups is 1. The van der Waals surface area contributed by atoms with Gasteiger partial charge in [0.1, 0.15) is 5.82 Å². The summed E-state index contributed by atoms with van der Waals surface area (Å²) in [5.41, 5.74) is 1.31. The molecule has 1 aromatic heterocycles. The van der Waals surface area contributed by atoms with E-state index in [4.69, 9.17) is 0 Å². The van der Waals surface area contributed by atoms with Crippen molar-refractivity contribution in [1.29, 1.82) is 0 Å². The lowest BCUT2D eigenvalue weighted by Crippen LogP contribution is -2.04. The van der Waals surface area contributed by atoms with Crippen LogP contribution in [0.1, 0.15) is 41.5 Å². The van der Waals surface area contributed by atoms with Crippen LogP contribution < -0.4 is 0 Å². The Kier molecular flexibility index (Phi) is 3.85. The minimum atomic E-state index is -1.15. The molecule has 0 amide bonds.